The molecule has 1 aromatic rings. The summed E-state index contributed by atoms with van der Waals surface area (Å²) in [5.41, 5.74) is 2.45. The molecule has 1 atom stereocenters. The van der Waals surface area contributed by atoms with Crippen LogP contribution >= 0.6 is 11.6 Å². The highest BCUT2D eigenvalue weighted by Crippen LogP contribution is 2.28. The van der Waals surface area contributed by atoms with E-state index in [9.17, 15) is 0 Å². The van der Waals surface area contributed by atoms with Crippen molar-refractivity contribution in [1.82, 2.24) is 5.32 Å². The predicted octanol–water partition coefficient (Wildman–Crippen LogP) is 5.10. The van der Waals surface area contributed by atoms with Crippen molar-refractivity contribution in [2.75, 3.05) is 0 Å². The van der Waals surface area contributed by atoms with Crippen molar-refractivity contribution in [3.05, 3.63) is 34.3 Å². The minimum Gasteiger partial charge on any atom is -0.310 e. The molecule has 1 aromatic carbocycles. The molecule has 0 saturated heterocycles. The number of nitrogens with one attached hydrogen (secondary N) is 1. The molecule has 1 saturated carbocycles. The number of benzene rings is 1. The fourth-order valence-electron chi connectivity index (χ4n) is 3.18. The highest BCUT2D eigenvalue weighted by atomic mass is 35.5. The fraction of sp³-hybridized carbons (Fsp3) is 0.647. The van der Waals surface area contributed by atoms with E-state index in [0.29, 0.717) is 6.04 Å². The van der Waals surface area contributed by atoms with E-state index in [2.05, 4.69) is 37.4 Å². The first kappa shape index (κ1) is 14.9. The van der Waals surface area contributed by atoms with Crippen LogP contribution in [0.4, 0.5) is 0 Å². The van der Waals surface area contributed by atoms with Crippen LogP contribution in [0.15, 0.2) is 18.2 Å². The van der Waals surface area contributed by atoms with Gasteiger partial charge in [-0.1, -0.05) is 49.9 Å². The van der Waals surface area contributed by atoms with Crippen molar-refractivity contribution in [1.29, 1.82) is 0 Å². The Labute approximate surface area is 122 Å². The Hall–Kier alpha value is -0.530. The molecule has 0 aromatic heterocycles. The zero-order valence-electron chi connectivity index (χ0n) is 12.2. The van der Waals surface area contributed by atoms with E-state index in [1.165, 1.54) is 44.1 Å². The number of hydrogen-bond acceptors (Lipinski definition) is 1. The van der Waals surface area contributed by atoms with Gasteiger partial charge in [0.25, 0.3) is 0 Å². The van der Waals surface area contributed by atoms with Crippen molar-refractivity contribution in [3.8, 4) is 0 Å². The molecule has 1 N–H and O–H groups in total. The second-order valence-corrected chi connectivity index (χ2v) is 6.28. The molecule has 0 spiro atoms. The van der Waals surface area contributed by atoms with Crippen LogP contribution in [0.1, 0.15) is 56.6 Å². The lowest BCUT2D eigenvalue weighted by molar-refractivity contribution is 0.262. The third kappa shape index (κ3) is 4.22. The van der Waals surface area contributed by atoms with E-state index in [4.69, 9.17) is 11.6 Å². The predicted molar refractivity (Wildman–Crippen MR) is 83.7 cm³/mol. The third-order valence-electron chi connectivity index (χ3n) is 4.46. The molecular formula is C17H26ClN. The zero-order chi connectivity index (χ0) is 13.7. The Bertz CT molecular complexity index is 396. The van der Waals surface area contributed by atoms with Crippen molar-refractivity contribution in [3.63, 3.8) is 0 Å². The standard InChI is InChI=1S/C17H26ClN/c1-3-17(15-7-5-4-6-8-15)19-12-14-10-9-13(2)16(18)11-14/h9-11,15,17,19H,3-8,12H2,1-2H3. The van der Waals surface area contributed by atoms with Gasteiger partial charge in [-0.3, -0.25) is 0 Å². The zero-order valence-corrected chi connectivity index (χ0v) is 13.0. The van der Waals surface area contributed by atoms with E-state index < -0.39 is 0 Å². The first-order valence-electron chi connectivity index (χ1n) is 7.69. The van der Waals surface area contributed by atoms with E-state index in [1.54, 1.807) is 0 Å². The largest absolute Gasteiger partial charge is 0.310 e. The minimum absolute atomic E-state index is 0.667. The molecule has 0 radical (unpaired) electrons. The van der Waals surface area contributed by atoms with Gasteiger partial charge in [-0.15, -0.1) is 0 Å². The summed E-state index contributed by atoms with van der Waals surface area (Å²) in [6.07, 6.45) is 8.30. The van der Waals surface area contributed by atoms with Crippen molar-refractivity contribution < 1.29 is 0 Å². The first-order valence-corrected chi connectivity index (χ1v) is 8.07. The van der Waals surface area contributed by atoms with E-state index >= 15 is 0 Å². The van der Waals surface area contributed by atoms with Gasteiger partial charge < -0.3 is 5.32 Å². The normalized spacial score (nSPS) is 18.5. The summed E-state index contributed by atoms with van der Waals surface area (Å²) in [5, 5.41) is 4.62. The molecule has 1 nitrogen and oxygen atoms in total. The van der Waals surface area contributed by atoms with Crippen LogP contribution in [0, 0.1) is 12.8 Å². The van der Waals surface area contributed by atoms with Gasteiger partial charge in [0.1, 0.15) is 0 Å². The average Bonchev–Trinajstić information content (AvgIpc) is 2.44. The van der Waals surface area contributed by atoms with E-state index in [-0.39, 0.29) is 0 Å². The first-order chi connectivity index (χ1) is 9.20. The summed E-state index contributed by atoms with van der Waals surface area (Å²) in [4.78, 5) is 0. The van der Waals surface area contributed by atoms with Crippen molar-refractivity contribution in [2.45, 2.75) is 65.0 Å². The topological polar surface area (TPSA) is 12.0 Å². The molecule has 0 heterocycles. The summed E-state index contributed by atoms with van der Waals surface area (Å²) >= 11 is 6.18. The Morgan fingerprint density at radius 3 is 2.63 bits per heavy atom. The van der Waals surface area contributed by atoms with Crippen LogP contribution in [0.5, 0.6) is 0 Å². The summed E-state index contributed by atoms with van der Waals surface area (Å²) < 4.78 is 0. The maximum Gasteiger partial charge on any atom is 0.0438 e. The lowest BCUT2D eigenvalue weighted by Crippen LogP contribution is -2.36. The lowest BCUT2D eigenvalue weighted by atomic mass is 9.83. The lowest BCUT2D eigenvalue weighted by Gasteiger charge is -2.30. The number of rotatable bonds is 5. The minimum atomic E-state index is 0.667. The second kappa shape index (κ2) is 7.31. The van der Waals surface area contributed by atoms with Gasteiger partial charge in [-0.2, -0.15) is 0 Å². The van der Waals surface area contributed by atoms with Gasteiger partial charge in [0.2, 0.25) is 0 Å². The number of aryl methyl sites for hydroxylation is 1. The second-order valence-electron chi connectivity index (χ2n) is 5.88. The van der Waals surface area contributed by atoms with Gasteiger partial charge >= 0.3 is 0 Å². The summed E-state index contributed by atoms with van der Waals surface area (Å²) in [5.74, 6) is 0.875. The van der Waals surface area contributed by atoms with Crippen LogP contribution in [-0.2, 0) is 6.54 Å². The molecule has 2 heteroatoms. The molecule has 106 valence electrons. The number of hydrogen-bond donors (Lipinski definition) is 1. The Kier molecular flexibility index (Phi) is 5.72. The van der Waals surface area contributed by atoms with Gasteiger partial charge in [0.15, 0.2) is 0 Å². The number of halogens is 1. The average molecular weight is 280 g/mol. The fourth-order valence-corrected chi connectivity index (χ4v) is 3.38. The summed E-state index contributed by atoms with van der Waals surface area (Å²) in [6.45, 7) is 5.29. The molecule has 19 heavy (non-hydrogen) atoms. The molecule has 1 fully saturated rings. The van der Waals surface area contributed by atoms with Gasteiger partial charge in [-0.05, 0) is 49.3 Å². The molecule has 0 amide bonds. The SMILES string of the molecule is CCC(NCc1ccc(C)c(Cl)c1)C1CCCCC1. The summed E-state index contributed by atoms with van der Waals surface area (Å²) in [6, 6.07) is 7.06. The van der Waals surface area contributed by atoms with E-state index in [1.807, 2.05) is 0 Å². The molecular weight excluding hydrogens is 254 g/mol. The Morgan fingerprint density at radius 1 is 1.26 bits per heavy atom. The summed E-state index contributed by atoms with van der Waals surface area (Å²) in [7, 11) is 0. The Balaban J connectivity index is 1.89. The quantitative estimate of drug-likeness (QED) is 0.791. The van der Waals surface area contributed by atoms with Crippen LogP contribution in [0.2, 0.25) is 5.02 Å². The van der Waals surface area contributed by atoms with E-state index in [0.717, 1.165) is 23.0 Å². The molecule has 1 aliphatic carbocycles. The molecule has 0 bridgehead atoms. The highest BCUT2D eigenvalue weighted by Gasteiger charge is 2.21. The molecule has 1 aliphatic rings. The van der Waals surface area contributed by atoms with Crippen molar-refractivity contribution >= 4 is 11.6 Å². The Morgan fingerprint density at radius 2 is 2.00 bits per heavy atom. The van der Waals surface area contributed by atoms with Crippen molar-refractivity contribution in [2.24, 2.45) is 5.92 Å². The highest BCUT2D eigenvalue weighted by molar-refractivity contribution is 6.31. The smallest absolute Gasteiger partial charge is 0.0438 e. The third-order valence-corrected chi connectivity index (χ3v) is 4.87. The van der Waals surface area contributed by atoms with Crippen LogP contribution in [0.3, 0.4) is 0 Å². The monoisotopic (exact) mass is 279 g/mol. The maximum absolute atomic E-state index is 6.18. The molecule has 0 aliphatic heterocycles. The van der Waals surface area contributed by atoms with Crippen LogP contribution < -0.4 is 5.32 Å². The van der Waals surface area contributed by atoms with Crippen LogP contribution in [0.25, 0.3) is 0 Å². The van der Waals surface area contributed by atoms with Crippen LogP contribution in [-0.4, -0.2) is 6.04 Å². The van der Waals surface area contributed by atoms with Gasteiger partial charge in [0.05, 0.1) is 0 Å². The van der Waals surface area contributed by atoms with Gasteiger partial charge in [-0.25, -0.2) is 0 Å². The molecule has 2 rings (SSSR count). The maximum atomic E-state index is 6.18. The molecule has 1 unspecified atom stereocenters. The van der Waals surface area contributed by atoms with Gasteiger partial charge in [0, 0.05) is 17.6 Å².